The van der Waals surface area contributed by atoms with Crippen LogP contribution in [-0.2, 0) is 11.3 Å². The van der Waals surface area contributed by atoms with Gasteiger partial charge in [-0.1, -0.05) is 39.8 Å². The minimum atomic E-state index is 0.0458. The molecule has 1 aromatic carbocycles. The molecule has 21 heavy (non-hydrogen) atoms. The monoisotopic (exact) mass is 287 g/mol. The van der Waals surface area contributed by atoms with Crippen molar-refractivity contribution in [3.05, 3.63) is 30.6 Å². The molecular weight excluding hydrogens is 262 g/mol. The Bertz CT molecular complexity index is 593. The van der Waals surface area contributed by atoms with Gasteiger partial charge in [0.05, 0.1) is 17.4 Å². The van der Waals surface area contributed by atoms with Crippen LogP contribution in [0.5, 0.6) is 0 Å². The van der Waals surface area contributed by atoms with E-state index in [4.69, 9.17) is 0 Å². The number of carbonyl (C=O) groups excluding carboxylic acids is 1. The number of imidazole rings is 1. The normalized spacial score (nSPS) is 11.8. The molecule has 1 heterocycles. The molecule has 114 valence electrons. The van der Waals surface area contributed by atoms with E-state index in [1.165, 1.54) is 0 Å². The van der Waals surface area contributed by atoms with Gasteiger partial charge in [0.15, 0.2) is 0 Å². The third-order valence-corrected chi connectivity index (χ3v) is 4.09. The molecule has 0 spiro atoms. The highest BCUT2D eigenvalue weighted by Crippen LogP contribution is 2.19. The number of benzene rings is 1. The molecule has 1 aromatic heterocycles. The third-order valence-electron chi connectivity index (χ3n) is 4.09. The Morgan fingerprint density at radius 1 is 1.19 bits per heavy atom. The molecule has 0 unspecified atom stereocenters. The molecule has 4 nitrogen and oxygen atoms in total. The zero-order valence-corrected chi connectivity index (χ0v) is 13.3. The third kappa shape index (κ3) is 3.84. The van der Waals surface area contributed by atoms with Crippen LogP contribution < -0.4 is 5.32 Å². The van der Waals surface area contributed by atoms with Gasteiger partial charge in [0.1, 0.15) is 6.54 Å². The smallest absolute Gasteiger partial charge is 0.240 e. The summed E-state index contributed by atoms with van der Waals surface area (Å²) >= 11 is 0. The molecule has 2 rings (SSSR count). The molecule has 0 radical (unpaired) electrons. The molecule has 0 atom stereocenters. The molecule has 0 aliphatic carbocycles. The lowest BCUT2D eigenvalue weighted by atomic mass is 9.85. The fraction of sp³-hybridized carbons (Fsp3) is 0.529. The first kappa shape index (κ1) is 15.5. The molecular formula is C17H25N3O. The lowest BCUT2D eigenvalue weighted by molar-refractivity contribution is -0.121. The summed E-state index contributed by atoms with van der Waals surface area (Å²) < 4.78 is 1.89. The van der Waals surface area contributed by atoms with Crippen LogP contribution in [0.3, 0.4) is 0 Å². The van der Waals surface area contributed by atoms with Gasteiger partial charge in [-0.2, -0.15) is 0 Å². The van der Waals surface area contributed by atoms with Crippen molar-refractivity contribution in [3.63, 3.8) is 0 Å². The number of carbonyl (C=O) groups is 1. The lowest BCUT2D eigenvalue weighted by Gasteiger charge is -2.25. The summed E-state index contributed by atoms with van der Waals surface area (Å²) in [5.41, 5.74) is 1.92. The minimum Gasteiger partial charge on any atom is -0.354 e. The molecule has 0 bridgehead atoms. The molecule has 2 aromatic rings. The molecule has 0 saturated heterocycles. The first-order valence-corrected chi connectivity index (χ1v) is 7.65. The Kier molecular flexibility index (Phi) is 4.99. The molecule has 0 saturated carbocycles. The van der Waals surface area contributed by atoms with E-state index in [1.54, 1.807) is 6.33 Å². The van der Waals surface area contributed by atoms with Gasteiger partial charge in [-0.15, -0.1) is 0 Å². The van der Waals surface area contributed by atoms with Gasteiger partial charge < -0.3 is 9.88 Å². The van der Waals surface area contributed by atoms with E-state index < -0.39 is 0 Å². The lowest BCUT2D eigenvalue weighted by Crippen LogP contribution is -2.35. The SMILES string of the molecule is CC(C)C(CNC(=O)Cn1cnc2ccccc21)C(C)C. The van der Waals surface area contributed by atoms with Gasteiger partial charge in [-0.25, -0.2) is 4.98 Å². The highest BCUT2D eigenvalue weighted by Gasteiger charge is 2.18. The second kappa shape index (κ2) is 6.74. The van der Waals surface area contributed by atoms with Crippen LogP contribution in [0.4, 0.5) is 0 Å². The number of nitrogens with zero attached hydrogens (tertiary/aromatic N) is 2. The van der Waals surface area contributed by atoms with E-state index in [0.29, 0.717) is 24.3 Å². The fourth-order valence-corrected chi connectivity index (χ4v) is 2.82. The summed E-state index contributed by atoms with van der Waals surface area (Å²) in [4.78, 5) is 16.5. The van der Waals surface area contributed by atoms with Crippen LogP contribution in [0.1, 0.15) is 27.7 Å². The van der Waals surface area contributed by atoms with E-state index in [-0.39, 0.29) is 5.91 Å². The van der Waals surface area contributed by atoms with Gasteiger partial charge in [0.2, 0.25) is 5.91 Å². The van der Waals surface area contributed by atoms with Crippen molar-refractivity contribution in [2.24, 2.45) is 17.8 Å². The van der Waals surface area contributed by atoms with Crippen molar-refractivity contribution in [1.29, 1.82) is 0 Å². The van der Waals surface area contributed by atoms with Crippen molar-refractivity contribution in [2.75, 3.05) is 6.54 Å². The highest BCUT2D eigenvalue weighted by atomic mass is 16.1. The van der Waals surface area contributed by atoms with Crippen LogP contribution in [0, 0.1) is 17.8 Å². The Morgan fingerprint density at radius 3 is 2.52 bits per heavy atom. The molecule has 0 aliphatic rings. The number of hydrogen-bond acceptors (Lipinski definition) is 2. The Labute approximate surface area is 126 Å². The van der Waals surface area contributed by atoms with Crippen LogP contribution in [-0.4, -0.2) is 22.0 Å². The van der Waals surface area contributed by atoms with Crippen molar-refractivity contribution >= 4 is 16.9 Å². The van der Waals surface area contributed by atoms with Crippen LogP contribution in [0.25, 0.3) is 11.0 Å². The Balaban J connectivity index is 1.96. The number of para-hydroxylation sites is 2. The number of nitrogens with one attached hydrogen (secondary N) is 1. The van der Waals surface area contributed by atoms with Crippen LogP contribution in [0.2, 0.25) is 0 Å². The zero-order chi connectivity index (χ0) is 15.4. The number of fused-ring (bicyclic) bond motifs is 1. The van der Waals surface area contributed by atoms with E-state index in [0.717, 1.165) is 17.6 Å². The van der Waals surface area contributed by atoms with Gasteiger partial charge in [0, 0.05) is 6.54 Å². The first-order chi connectivity index (χ1) is 9.99. The minimum absolute atomic E-state index is 0.0458. The predicted molar refractivity (Wildman–Crippen MR) is 85.9 cm³/mol. The van der Waals surface area contributed by atoms with Crippen LogP contribution in [0.15, 0.2) is 30.6 Å². The first-order valence-electron chi connectivity index (χ1n) is 7.65. The van der Waals surface area contributed by atoms with Gasteiger partial charge >= 0.3 is 0 Å². The molecule has 0 fully saturated rings. The highest BCUT2D eigenvalue weighted by molar-refractivity contribution is 5.80. The van der Waals surface area contributed by atoms with Gasteiger partial charge in [-0.05, 0) is 29.9 Å². The topological polar surface area (TPSA) is 46.9 Å². The summed E-state index contributed by atoms with van der Waals surface area (Å²) in [5, 5.41) is 3.06. The van der Waals surface area contributed by atoms with Crippen molar-refractivity contribution in [1.82, 2.24) is 14.9 Å². The fourth-order valence-electron chi connectivity index (χ4n) is 2.82. The maximum Gasteiger partial charge on any atom is 0.240 e. The van der Waals surface area contributed by atoms with E-state index >= 15 is 0 Å². The number of hydrogen-bond donors (Lipinski definition) is 1. The Morgan fingerprint density at radius 2 is 1.86 bits per heavy atom. The van der Waals surface area contributed by atoms with Crippen molar-refractivity contribution in [2.45, 2.75) is 34.2 Å². The quantitative estimate of drug-likeness (QED) is 0.887. The van der Waals surface area contributed by atoms with Gasteiger partial charge in [-0.3, -0.25) is 4.79 Å². The van der Waals surface area contributed by atoms with E-state index in [9.17, 15) is 4.79 Å². The second-order valence-electron chi connectivity index (χ2n) is 6.32. The molecule has 4 heteroatoms. The summed E-state index contributed by atoms with van der Waals surface area (Å²) in [5.74, 6) is 1.69. The summed E-state index contributed by atoms with van der Waals surface area (Å²) in [6, 6.07) is 7.86. The maximum atomic E-state index is 12.1. The summed E-state index contributed by atoms with van der Waals surface area (Å²) in [7, 11) is 0. The zero-order valence-electron chi connectivity index (χ0n) is 13.3. The number of aromatic nitrogens is 2. The molecule has 1 amide bonds. The number of amides is 1. The predicted octanol–water partition coefficient (Wildman–Crippen LogP) is 3.08. The van der Waals surface area contributed by atoms with Crippen LogP contribution >= 0.6 is 0 Å². The average molecular weight is 287 g/mol. The van der Waals surface area contributed by atoms with Crippen molar-refractivity contribution < 1.29 is 4.79 Å². The summed E-state index contributed by atoms with van der Waals surface area (Å²) in [6.45, 7) is 9.89. The van der Waals surface area contributed by atoms with Crippen molar-refractivity contribution in [3.8, 4) is 0 Å². The molecule has 1 N–H and O–H groups in total. The standard InChI is InChI=1S/C17H25N3O/c1-12(2)14(13(3)4)9-18-17(21)10-20-11-19-15-7-5-6-8-16(15)20/h5-8,11-14H,9-10H2,1-4H3,(H,18,21). The second-order valence-corrected chi connectivity index (χ2v) is 6.32. The Hall–Kier alpha value is -1.84. The maximum absolute atomic E-state index is 12.1. The average Bonchev–Trinajstić information content (AvgIpc) is 2.81. The summed E-state index contributed by atoms with van der Waals surface area (Å²) in [6.07, 6.45) is 1.73. The van der Waals surface area contributed by atoms with E-state index in [1.807, 2.05) is 28.8 Å². The van der Waals surface area contributed by atoms with E-state index in [2.05, 4.69) is 38.0 Å². The van der Waals surface area contributed by atoms with Gasteiger partial charge in [0.25, 0.3) is 0 Å². The largest absolute Gasteiger partial charge is 0.354 e. The molecule has 0 aliphatic heterocycles. The number of rotatable bonds is 6.